The first-order chi connectivity index (χ1) is 13.7. The third-order valence-corrected chi connectivity index (χ3v) is 5.06. The van der Waals surface area contributed by atoms with E-state index in [1.165, 1.54) is 24.3 Å². The maximum atomic E-state index is 14.6. The van der Waals surface area contributed by atoms with Gasteiger partial charge in [0.25, 0.3) is 0 Å². The number of hydrogen-bond acceptors (Lipinski definition) is 4. The van der Waals surface area contributed by atoms with E-state index in [1.54, 1.807) is 13.0 Å². The molecule has 0 unspecified atom stereocenters. The number of rotatable bonds is 10. The minimum atomic E-state index is -3.96. The number of aryl methyl sites for hydroxylation is 1. The summed E-state index contributed by atoms with van der Waals surface area (Å²) in [5.41, 5.74) is -0.529. The highest BCUT2D eigenvalue weighted by molar-refractivity contribution is 7.92. The second-order valence-corrected chi connectivity index (χ2v) is 7.97. The molecule has 0 radical (unpaired) electrons. The lowest BCUT2D eigenvalue weighted by Gasteiger charge is -2.19. The lowest BCUT2D eigenvalue weighted by molar-refractivity contribution is 0.361. The number of nitrogens with one attached hydrogen (secondary N) is 2. The fourth-order valence-corrected chi connectivity index (χ4v) is 3.48. The number of hydrogen-bond donors (Lipinski definition) is 2. The third-order valence-electron chi connectivity index (χ3n) is 3.77. The molecule has 0 aliphatic carbocycles. The van der Waals surface area contributed by atoms with Crippen molar-refractivity contribution in [2.24, 2.45) is 0 Å². The topological polar surface area (TPSA) is 67.4 Å². The first-order valence-electron chi connectivity index (χ1n) is 8.58. The zero-order valence-electron chi connectivity index (χ0n) is 15.8. The highest BCUT2D eigenvalue weighted by Crippen LogP contribution is 2.40. The molecule has 156 valence electrons. The predicted molar refractivity (Wildman–Crippen MR) is 109 cm³/mol. The SMILES string of the molecule is C=CCCS(=O)(=O)Nc1c(OCC=C)cc(F)c(F)c1Nc1ccc(C)cc1F. The van der Waals surface area contributed by atoms with Gasteiger partial charge in [0.2, 0.25) is 10.0 Å². The first-order valence-corrected chi connectivity index (χ1v) is 10.2. The third kappa shape index (κ3) is 5.77. The van der Waals surface area contributed by atoms with Crippen molar-refractivity contribution in [3.63, 3.8) is 0 Å². The molecule has 0 aliphatic rings. The molecule has 0 saturated heterocycles. The van der Waals surface area contributed by atoms with Gasteiger partial charge in [0.05, 0.1) is 11.4 Å². The summed E-state index contributed by atoms with van der Waals surface area (Å²) in [4.78, 5) is 0. The van der Waals surface area contributed by atoms with E-state index in [0.717, 1.165) is 0 Å². The lowest BCUT2D eigenvalue weighted by atomic mass is 10.2. The molecule has 0 aliphatic heterocycles. The second-order valence-electron chi connectivity index (χ2n) is 6.13. The van der Waals surface area contributed by atoms with Gasteiger partial charge in [-0.15, -0.1) is 6.58 Å². The molecule has 0 atom stereocenters. The van der Waals surface area contributed by atoms with E-state index in [0.29, 0.717) is 11.6 Å². The van der Waals surface area contributed by atoms with Gasteiger partial charge in [0.15, 0.2) is 11.6 Å². The van der Waals surface area contributed by atoms with Crippen LogP contribution in [0.3, 0.4) is 0 Å². The molecule has 2 rings (SSSR count). The molecule has 0 fully saturated rings. The molecule has 2 aromatic carbocycles. The molecule has 0 saturated carbocycles. The standard InChI is InChI=1S/C20H21F3N2O3S/c1-4-6-10-29(26,27)25-19-17(28-9-5-2)12-15(22)18(23)20(19)24-16-8-7-13(3)11-14(16)21/h4-5,7-8,11-12,24-25H,1-2,6,9-10H2,3H3. The van der Waals surface area contributed by atoms with Crippen molar-refractivity contribution in [3.05, 3.63) is 72.6 Å². The van der Waals surface area contributed by atoms with Crippen LogP contribution >= 0.6 is 0 Å². The van der Waals surface area contributed by atoms with Gasteiger partial charge < -0.3 is 10.1 Å². The van der Waals surface area contributed by atoms with Crippen molar-refractivity contribution < 1.29 is 26.3 Å². The van der Waals surface area contributed by atoms with Gasteiger partial charge in [-0.3, -0.25) is 4.72 Å². The number of anilines is 3. The Morgan fingerprint density at radius 3 is 2.41 bits per heavy atom. The quantitative estimate of drug-likeness (QED) is 0.523. The Labute approximate surface area is 167 Å². The van der Waals surface area contributed by atoms with Crippen LogP contribution in [0, 0.1) is 24.4 Å². The summed E-state index contributed by atoms with van der Waals surface area (Å²) in [6.45, 7) is 8.49. The molecule has 0 amide bonds. The summed E-state index contributed by atoms with van der Waals surface area (Å²) >= 11 is 0. The Kier molecular flexibility index (Phi) is 7.33. The molecule has 5 nitrogen and oxygen atoms in total. The van der Waals surface area contributed by atoms with Gasteiger partial charge in [-0.2, -0.15) is 0 Å². The molecule has 0 heterocycles. The van der Waals surface area contributed by atoms with Crippen molar-refractivity contribution >= 4 is 27.1 Å². The largest absolute Gasteiger partial charge is 0.487 e. The summed E-state index contributed by atoms with van der Waals surface area (Å²) in [6, 6.07) is 4.80. The van der Waals surface area contributed by atoms with Crippen molar-refractivity contribution in [2.45, 2.75) is 13.3 Å². The van der Waals surface area contributed by atoms with Gasteiger partial charge in [0.1, 0.15) is 29.5 Å². The summed E-state index contributed by atoms with van der Waals surface area (Å²) in [5, 5.41) is 2.43. The normalized spacial score (nSPS) is 11.0. The van der Waals surface area contributed by atoms with Crippen LogP contribution in [0.25, 0.3) is 0 Å². The molecular formula is C20H21F3N2O3S. The molecular weight excluding hydrogens is 405 g/mol. The zero-order valence-corrected chi connectivity index (χ0v) is 16.6. The van der Waals surface area contributed by atoms with Crippen LogP contribution in [0.15, 0.2) is 49.6 Å². The first kappa shape index (κ1) is 22.4. The van der Waals surface area contributed by atoms with Crippen molar-refractivity contribution in [1.82, 2.24) is 0 Å². The highest BCUT2D eigenvalue weighted by atomic mass is 32.2. The Morgan fingerprint density at radius 1 is 1.07 bits per heavy atom. The molecule has 2 aromatic rings. The summed E-state index contributed by atoms with van der Waals surface area (Å²) in [6.07, 6.45) is 2.89. The van der Waals surface area contributed by atoms with Gasteiger partial charge in [0, 0.05) is 6.07 Å². The minimum Gasteiger partial charge on any atom is -0.487 e. The predicted octanol–water partition coefficient (Wildman–Crippen LogP) is 5.04. The Bertz CT molecular complexity index is 1020. The number of halogens is 3. The van der Waals surface area contributed by atoms with Gasteiger partial charge in [-0.1, -0.05) is 24.8 Å². The van der Waals surface area contributed by atoms with E-state index >= 15 is 0 Å². The highest BCUT2D eigenvalue weighted by Gasteiger charge is 2.24. The van der Waals surface area contributed by atoms with Gasteiger partial charge in [-0.25, -0.2) is 21.6 Å². The molecule has 0 aromatic heterocycles. The van der Waals surface area contributed by atoms with Gasteiger partial charge >= 0.3 is 0 Å². The number of sulfonamides is 1. The average Bonchev–Trinajstić information content (AvgIpc) is 2.66. The van der Waals surface area contributed by atoms with Crippen molar-refractivity contribution in [1.29, 1.82) is 0 Å². The van der Waals surface area contributed by atoms with Crippen LogP contribution in [-0.2, 0) is 10.0 Å². The smallest absolute Gasteiger partial charge is 0.233 e. The fraction of sp³-hybridized carbons (Fsp3) is 0.200. The monoisotopic (exact) mass is 426 g/mol. The average molecular weight is 426 g/mol. The van der Waals surface area contributed by atoms with E-state index in [9.17, 15) is 21.6 Å². The molecule has 9 heteroatoms. The lowest BCUT2D eigenvalue weighted by Crippen LogP contribution is -2.19. The van der Waals surface area contributed by atoms with Gasteiger partial charge in [-0.05, 0) is 31.0 Å². The fourth-order valence-electron chi connectivity index (χ4n) is 2.39. The van der Waals surface area contributed by atoms with E-state index in [-0.39, 0.29) is 35.9 Å². The number of ether oxygens (including phenoxy) is 1. The van der Waals surface area contributed by atoms with E-state index in [4.69, 9.17) is 4.74 Å². The number of allylic oxidation sites excluding steroid dienone is 1. The van der Waals surface area contributed by atoms with Crippen LogP contribution < -0.4 is 14.8 Å². The van der Waals surface area contributed by atoms with Crippen LogP contribution in [0.2, 0.25) is 0 Å². The van der Waals surface area contributed by atoms with E-state index in [1.807, 2.05) is 0 Å². The Hall–Kier alpha value is -2.94. The van der Waals surface area contributed by atoms with Crippen LogP contribution in [-0.4, -0.2) is 20.8 Å². The molecule has 2 N–H and O–H groups in total. The summed E-state index contributed by atoms with van der Waals surface area (Å²) < 4.78 is 75.2. The summed E-state index contributed by atoms with van der Waals surface area (Å²) in [5.74, 6) is -4.02. The molecule has 29 heavy (non-hydrogen) atoms. The summed E-state index contributed by atoms with van der Waals surface area (Å²) in [7, 11) is -3.96. The molecule has 0 bridgehead atoms. The molecule has 0 spiro atoms. The van der Waals surface area contributed by atoms with Crippen molar-refractivity contribution in [3.8, 4) is 5.75 Å². The van der Waals surface area contributed by atoms with E-state index in [2.05, 4.69) is 23.2 Å². The van der Waals surface area contributed by atoms with Crippen LogP contribution in [0.5, 0.6) is 5.75 Å². The van der Waals surface area contributed by atoms with Crippen LogP contribution in [0.1, 0.15) is 12.0 Å². The van der Waals surface area contributed by atoms with Crippen molar-refractivity contribution in [2.75, 3.05) is 22.4 Å². The zero-order chi connectivity index (χ0) is 21.6. The maximum absolute atomic E-state index is 14.6. The Balaban J connectivity index is 2.60. The van der Waals surface area contributed by atoms with E-state index < -0.39 is 33.2 Å². The maximum Gasteiger partial charge on any atom is 0.233 e. The minimum absolute atomic E-state index is 0.0925. The number of benzene rings is 2. The Morgan fingerprint density at radius 2 is 1.79 bits per heavy atom. The second kappa shape index (κ2) is 9.51. The van der Waals surface area contributed by atoms with Crippen LogP contribution in [0.4, 0.5) is 30.2 Å².